The summed E-state index contributed by atoms with van der Waals surface area (Å²) in [5, 5.41) is 0. The number of para-hydroxylation sites is 1. The van der Waals surface area contributed by atoms with E-state index in [1.807, 2.05) is 35.1 Å². The molecule has 0 heterocycles. The van der Waals surface area contributed by atoms with E-state index < -0.39 is 0 Å². The van der Waals surface area contributed by atoms with Crippen LogP contribution in [0.5, 0.6) is 0 Å². The molecule has 1 aromatic carbocycles. The van der Waals surface area contributed by atoms with E-state index >= 15 is 0 Å². The van der Waals surface area contributed by atoms with Crippen molar-refractivity contribution in [2.24, 2.45) is 4.99 Å². The molecule has 49 valence electrons. The zero-order valence-corrected chi connectivity index (χ0v) is 6.83. The average Bonchev–Trinajstić information content (AvgIpc) is 2.03. The molecule has 0 aliphatic carbocycles. The molecule has 2 heteroatoms. The van der Waals surface area contributed by atoms with E-state index in [0.717, 1.165) is 5.69 Å². The number of nitrogens with zero attached hydrogens (tertiary/aromatic N) is 1. The first-order valence-electron chi connectivity index (χ1n) is 2.98. The van der Waals surface area contributed by atoms with E-state index in [2.05, 4.69) is 22.0 Å². The van der Waals surface area contributed by atoms with Crippen molar-refractivity contribution in [2.45, 2.75) is 0 Å². The van der Waals surface area contributed by atoms with Crippen LogP contribution < -0.4 is 0 Å². The van der Waals surface area contributed by atoms with Crippen LogP contribution in [-0.4, -0.2) is 10.9 Å². The predicted octanol–water partition coefficient (Wildman–Crippen LogP) is 1.74. The zero-order chi connectivity index (χ0) is 7.23. The van der Waals surface area contributed by atoms with Gasteiger partial charge in [0.2, 0.25) is 0 Å². The molecular weight excluding hydrogens is 161 g/mol. The van der Waals surface area contributed by atoms with Gasteiger partial charge in [0.15, 0.2) is 0 Å². The molecule has 0 atom stereocenters. The molecule has 0 aliphatic rings. The molecule has 0 saturated carbocycles. The quantitative estimate of drug-likeness (QED) is 0.596. The molecule has 10 heavy (non-hydrogen) atoms. The van der Waals surface area contributed by atoms with Crippen LogP contribution in [0.1, 0.15) is 0 Å². The molecule has 0 aromatic heterocycles. The van der Waals surface area contributed by atoms with Gasteiger partial charge in [-0.1, -0.05) is 0 Å². The van der Waals surface area contributed by atoms with Crippen LogP contribution in [0.15, 0.2) is 35.3 Å². The fourth-order valence-electron chi connectivity index (χ4n) is 0.633. The fourth-order valence-corrected chi connectivity index (χ4v) is 0.738. The summed E-state index contributed by atoms with van der Waals surface area (Å²) in [7, 11) is 0. The summed E-state index contributed by atoms with van der Waals surface area (Å²) in [6.07, 6.45) is 1.76. The molecular formula is C8H7NV. The molecule has 0 aliphatic heterocycles. The molecule has 0 amide bonds. The molecule has 0 N–H and O–H groups in total. The van der Waals surface area contributed by atoms with Crippen molar-refractivity contribution in [3.63, 3.8) is 0 Å². The minimum absolute atomic E-state index is 0.991. The van der Waals surface area contributed by atoms with E-state index in [1.165, 1.54) is 0 Å². The Hall–Kier alpha value is -0.656. The monoisotopic (exact) mass is 168 g/mol. The van der Waals surface area contributed by atoms with Crippen LogP contribution in [-0.2, 0) is 17.0 Å². The third-order valence-corrected chi connectivity index (χ3v) is 1.25. The third kappa shape index (κ3) is 2.30. The average molecular weight is 168 g/mol. The van der Waals surface area contributed by atoms with Gasteiger partial charge < -0.3 is 0 Å². The van der Waals surface area contributed by atoms with Crippen LogP contribution >= 0.6 is 0 Å². The Kier molecular flexibility index (Phi) is 3.13. The van der Waals surface area contributed by atoms with Gasteiger partial charge in [-0.15, -0.1) is 0 Å². The van der Waals surface area contributed by atoms with E-state index in [1.54, 1.807) is 6.21 Å². The summed E-state index contributed by atoms with van der Waals surface area (Å²) >= 11 is 2.34. The van der Waals surface area contributed by atoms with Crippen LogP contribution in [0, 0.1) is 0 Å². The molecule has 0 unspecified atom stereocenters. The summed E-state index contributed by atoms with van der Waals surface area (Å²) in [6.45, 7) is 0. The zero-order valence-electron chi connectivity index (χ0n) is 5.44. The SMILES string of the molecule is [V]=[CH]C=Nc1ccccc1. The number of hydrogen-bond acceptors (Lipinski definition) is 1. The van der Waals surface area contributed by atoms with Gasteiger partial charge in [0.1, 0.15) is 0 Å². The van der Waals surface area contributed by atoms with Gasteiger partial charge in [0.25, 0.3) is 0 Å². The number of hydrogen-bond donors (Lipinski definition) is 0. The van der Waals surface area contributed by atoms with Gasteiger partial charge in [-0.25, -0.2) is 0 Å². The molecule has 0 spiro atoms. The van der Waals surface area contributed by atoms with E-state index in [0.29, 0.717) is 0 Å². The number of benzene rings is 1. The van der Waals surface area contributed by atoms with Crippen LogP contribution in [0.25, 0.3) is 0 Å². The van der Waals surface area contributed by atoms with E-state index in [9.17, 15) is 0 Å². The summed E-state index contributed by atoms with van der Waals surface area (Å²) in [5.74, 6) is 0. The molecule has 0 saturated heterocycles. The van der Waals surface area contributed by atoms with Crippen LogP contribution in [0.2, 0.25) is 0 Å². The standard InChI is InChI=1S/C8H7N.V/c1-2-9-8-6-4-3-5-7-8;/h1-7H;. The summed E-state index contributed by atoms with van der Waals surface area (Å²) in [6, 6.07) is 9.85. The van der Waals surface area contributed by atoms with Crippen LogP contribution in [0.3, 0.4) is 0 Å². The maximum absolute atomic E-state index is 4.13. The van der Waals surface area contributed by atoms with Gasteiger partial charge >= 0.3 is 68.9 Å². The third-order valence-electron chi connectivity index (χ3n) is 1.05. The predicted molar refractivity (Wildman–Crippen MR) is 40.7 cm³/mol. The van der Waals surface area contributed by atoms with E-state index in [-0.39, 0.29) is 0 Å². The summed E-state index contributed by atoms with van der Waals surface area (Å²) < 4.78 is 1.85. The second-order valence-electron chi connectivity index (χ2n) is 1.76. The molecule has 1 nitrogen and oxygen atoms in total. The number of rotatable bonds is 2. The molecule has 0 fully saturated rings. The fraction of sp³-hybridized carbons (Fsp3) is 0. The second kappa shape index (κ2) is 4.21. The first-order valence-corrected chi connectivity index (χ1v) is 3.79. The summed E-state index contributed by atoms with van der Waals surface area (Å²) in [5.41, 5.74) is 0.991. The van der Waals surface area contributed by atoms with Crippen molar-refractivity contribution in [1.82, 2.24) is 0 Å². The van der Waals surface area contributed by atoms with Crippen molar-refractivity contribution in [1.29, 1.82) is 0 Å². The van der Waals surface area contributed by atoms with Crippen molar-refractivity contribution in [3.8, 4) is 0 Å². The van der Waals surface area contributed by atoms with Gasteiger partial charge in [-0.05, 0) is 0 Å². The first kappa shape index (κ1) is 7.45. The Morgan fingerprint density at radius 2 is 1.90 bits per heavy atom. The Bertz CT molecular complexity index is 228. The van der Waals surface area contributed by atoms with E-state index in [4.69, 9.17) is 0 Å². The molecule has 0 radical (unpaired) electrons. The normalized spacial score (nSPS) is 9.90. The van der Waals surface area contributed by atoms with Crippen molar-refractivity contribution < 1.29 is 17.0 Å². The Morgan fingerprint density at radius 1 is 1.20 bits per heavy atom. The second-order valence-corrected chi connectivity index (χ2v) is 2.23. The Labute approximate surface area is 69.3 Å². The van der Waals surface area contributed by atoms with Crippen LogP contribution in [0.4, 0.5) is 5.69 Å². The van der Waals surface area contributed by atoms with Crippen molar-refractivity contribution >= 4 is 16.6 Å². The van der Waals surface area contributed by atoms with Gasteiger partial charge in [-0.3, -0.25) is 0 Å². The van der Waals surface area contributed by atoms with Gasteiger partial charge in [0, 0.05) is 0 Å². The topological polar surface area (TPSA) is 12.4 Å². The molecule has 1 rings (SSSR count). The Balaban J connectivity index is 2.76. The van der Waals surface area contributed by atoms with Gasteiger partial charge in [0.05, 0.1) is 0 Å². The minimum atomic E-state index is 0.991. The first-order chi connectivity index (χ1) is 4.93. The summed E-state index contributed by atoms with van der Waals surface area (Å²) in [4.78, 5) is 4.13. The molecule has 1 aromatic rings. The molecule has 0 bridgehead atoms. The number of aliphatic imine (C=N–C) groups is 1. The maximum atomic E-state index is 4.13. The van der Waals surface area contributed by atoms with Crippen molar-refractivity contribution in [3.05, 3.63) is 30.3 Å². The van der Waals surface area contributed by atoms with Gasteiger partial charge in [-0.2, -0.15) is 0 Å². The van der Waals surface area contributed by atoms with Crippen molar-refractivity contribution in [2.75, 3.05) is 0 Å². The Morgan fingerprint density at radius 3 is 2.50 bits per heavy atom.